The van der Waals surface area contributed by atoms with Crippen molar-refractivity contribution in [3.63, 3.8) is 0 Å². The van der Waals surface area contributed by atoms with Crippen molar-refractivity contribution in [2.75, 3.05) is 19.8 Å². The van der Waals surface area contributed by atoms with Crippen LogP contribution in [0.15, 0.2) is 18.2 Å². The van der Waals surface area contributed by atoms with Crippen LogP contribution in [0.5, 0.6) is 5.75 Å². The number of aliphatic hydroxyl groups excluding tert-OH is 1. The Morgan fingerprint density at radius 1 is 1.41 bits per heavy atom. The number of carbonyl (C=O) groups excluding carboxylic acids is 1. The van der Waals surface area contributed by atoms with E-state index >= 15 is 0 Å². The molecule has 0 aromatic heterocycles. The van der Waals surface area contributed by atoms with E-state index in [0.29, 0.717) is 29.5 Å². The van der Waals surface area contributed by atoms with Crippen molar-refractivity contribution in [2.24, 2.45) is 0 Å². The molecule has 1 unspecified atom stereocenters. The van der Waals surface area contributed by atoms with Crippen LogP contribution in [-0.2, 0) is 4.74 Å². The summed E-state index contributed by atoms with van der Waals surface area (Å²) in [5.74, 6) is -0.0824. The summed E-state index contributed by atoms with van der Waals surface area (Å²) >= 11 is 6.04. The minimum absolute atomic E-state index is 0.0785. The van der Waals surface area contributed by atoms with Gasteiger partial charge in [-0.3, -0.25) is 0 Å². The largest absolute Gasteiger partial charge is 0.489 e. The molecule has 22 heavy (non-hydrogen) atoms. The number of esters is 1. The zero-order valence-corrected chi connectivity index (χ0v) is 14.2. The second-order valence-corrected chi connectivity index (χ2v) is 6.37. The highest BCUT2D eigenvalue weighted by atomic mass is 35.5. The molecule has 1 atom stereocenters. The molecule has 0 saturated heterocycles. The summed E-state index contributed by atoms with van der Waals surface area (Å²) in [6.07, 6.45) is -0.679. The first-order valence-corrected chi connectivity index (χ1v) is 7.63. The number of halogens is 1. The quantitative estimate of drug-likeness (QED) is 0.753. The van der Waals surface area contributed by atoms with Crippen molar-refractivity contribution in [1.29, 1.82) is 0 Å². The molecule has 0 radical (unpaired) electrons. The molecule has 1 aromatic carbocycles. The fourth-order valence-corrected chi connectivity index (χ4v) is 1.80. The maximum Gasteiger partial charge on any atom is 0.338 e. The highest BCUT2D eigenvalue weighted by Crippen LogP contribution is 2.26. The van der Waals surface area contributed by atoms with Gasteiger partial charge >= 0.3 is 5.97 Å². The van der Waals surface area contributed by atoms with Crippen LogP contribution in [0.25, 0.3) is 0 Å². The molecule has 0 fully saturated rings. The number of hydrogen-bond acceptors (Lipinski definition) is 5. The van der Waals surface area contributed by atoms with Crippen LogP contribution >= 0.6 is 11.6 Å². The molecule has 1 aromatic rings. The van der Waals surface area contributed by atoms with Crippen LogP contribution in [0.3, 0.4) is 0 Å². The van der Waals surface area contributed by atoms with Crippen LogP contribution in [0.2, 0.25) is 5.02 Å². The maximum atomic E-state index is 11.7. The number of rotatable bonds is 7. The van der Waals surface area contributed by atoms with Crippen molar-refractivity contribution in [1.82, 2.24) is 5.32 Å². The first-order chi connectivity index (χ1) is 10.2. The molecule has 0 heterocycles. The maximum absolute atomic E-state index is 11.7. The first-order valence-electron chi connectivity index (χ1n) is 7.25. The summed E-state index contributed by atoms with van der Waals surface area (Å²) in [6, 6.07) is 4.66. The number of carbonyl (C=O) groups is 1. The lowest BCUT2D eigenvalue weighted by atomic mass is 10.1. The number of hydrogen-bond donors (Lipinski definition) is 2. The minimum atomic E-state index is -0.679. The SMILES string of the molecule is CCOC(=O)c1ccc(Cl)c(OCC(O)CNC(C)(C)C)c1. The van der Waals surface area contributed by atoms with E-state index in [9.17, 15) is 9.90 Å². The Labute approximate surface area is 136 Å². The smallest absolute Gasteiger partial charge is 0.338 e. The summed E-state index contributed by atoms with van der Waals surface area (Å²) < 4.78 is 10.4. The average Bonchev–Trinajstić information content (AvgIpc) is 2.43. The second-order valence-electron chi connectivity index (χ2n) is 5.96. The van der Waals surface area contributed by atoms with E-state index in [-0.39, 0.29) is 12.1 Å². The van der Waals surface area contributed by atoms with Crippen molar-refractivity contribution in [3.05, 3.63) is 28.8 Å². The summed E-state index contributed by atoms with van der Waals surface area (Å²) in [5.41, 5.74) is 0.284. The summed E-state index contributed by atoms with van der Waals surface area (Å²) in [7, 11) is 0. The topological polar surface area (TPSA) is 67.8 Å². The van der Waals surface area contributed by atoms with E-state index in [1.807, 2.05) is 20.8 Å². The van der Waals surface area contributed by atoms with Gasteiger partial charge in [0.15, 0.2) is 0 Å². The monoisotopic (exact) mass is 329 g/mol. The van der Waals surface area contributed by atoms with Gasteiger partial charge in [0.05, 0.1) is 17.2 Å². The zero-order chi connectivity index (χ0) is 16.8. The van der Waals surface area contributed by atoms with E-state index in [1.54, 1.807) is 19.1 Å². The van der Waals surface area contributed by atoms with Crippen molar-refractivity contribution >= 4 is 17.6 Å². The predicted molar refractivity (Wildman–Crippen MR) is 86.7 cm³/mol. The minimum Gasteiger partial charge on any atom is -0.489 e. The molecule has 0 aliphatic carbocycles. The van der Waals surface area contributed by atoms with Gasteiger partial charge in [0.25, 0.3) is 0 Å². The number of benzene rings is 1. The van der Waals surface area contributed by atoms with Crippen LogP contribution < -0.4 is 10.1 Å². The van der Waals surface area contributed by atoms with E-state index in [2.05, 4.69) is 5.32 Å². The Morgan fingerprint density at radius 3 is 2.68 bits per heavy atom. The lowest BCUT2D eigenvalue weighted by molar-refractivity contribution is 0.0525. The Balaban J connectivity index is 2.61. The van der Waals surface area contributed by atoms with E-state index < -0.39 is 12.1 Å². The van der Waals surface area contributed by atoms with Gasteiger partial charge in [-0.25, -0.2) is 4.79 Å². The van der Waals surface area contributed by atoms with Crippen LogP contribution in [0, 0.1) is 0 Å². The second kappa shape index (κ2) is 8.36. The normalized spacial score (nSPS) is 12.8. The summed E-state index contributed by atoms with van der Waals surface area (Å²) in [5, 5.41) is 13.5. The molecule has 0 aliphatic rings. The standard InChI is InChI=1S/C16H24ClNO4/c1-5-21-15(20)11-6-7-13(17)14(8-11)22-10-12(19)9-18-16(2,3)4/h6-8,12,18-19H,5,9-10H2,1-4H3. The number of aliphatic hydroxyl groups is 1. The molecule has 0 amide bonds. The van der Waals surface area contributed by atoms with Gasteiger partial charge in [0.1, 0.15) is 18.5 Å². The van der Waals surface area contributed by atoms with Crippen molar-refractivity contribution < 1.29 is 19.4 Å². The average molecular weight is 330 g/mol. The highest BCUT2D eigenvalue weighted by Gasteiger charge is 2.14. The molecule has 0 spiro atoms. The van der Waals surface area contributed by atoms with Gasteiger partial charge in [0.2, 0.25) is 0 Å². The molecule has 0 bridgehead atoms. The summed E-state index contributed by atoms with van der Waals surface area (Å²) in [6.45, 7) is 8.56. The van der Waals surface area contributed by atoms with Gasteiger partial charge in [-0.2, -0.15) is 0 Å². The zero-order valence-electron chi connectivity index (χ0n) is 13.5. The van der Waals surface area contributed by atoms with Gasteiger partial charge < -0.3 is 19.9 Å². The number of β-amino-alcohol motifs (C(OH)–C–C–N with tert-alkyl or cyclic N) is 1. The van der Waals surface area contributed by atoms with Crippen LogP contribution in [0.1, 0.15) is 38.1 Å². The van der Waals surface area contributed by atoms with Gasteiger partial charge in [0, 0.05) is 12.1 Å². The number of ether oxygens (including phenoxy) is 2. The van der Waals surface area contributed by atoms with Crippen molar-refractivity contribution in [3.8, 4) is 5.75 Å². The summed E-state index contributed by atoms with van der Waals surface area (Å²) in [4.78, 5) is 11.7. The van der Waals surface area contributed by atoms with E-state index in [4.69, 9.17) is 21.1 Å². The molecule has 124 valence electrons. The van der Waals surface area contributed by atoms with Crippen LogP contribution in [0.4, 0.5) is 0 Å². The fourth-order valence-electron chi connectivity index (χ4n) is 1.62. The third-order valence-electron chi connectivity index (χ3n) is 2.74. The Hall–Kier alpha value is -1.30. The lowest BCUT2D eigenvalue weighted by Crippen LogP contribution is -2.42. The highest BCUT2D eigenvalue weighted by molar-refractivity contribution is 6.32. The molecule has 5 nitrogen and oxygen atoms in total. The molecular formula is C16H24ClNO4. The van der Waals surface area contributed by atoms with Gasteiger partial charge in [-0.15, -0.1) is 0 Å². The predicted octanol–water partition coefficient (Wildman–Crippen LogP) is 2.64. The van der Waals surface area contributed by atoms with E-state index in [0.717, 1.165) is 0 Å². The van der Waals surface area contributed by atoms with Crippen molar-refractivity contribution in [2.45, 2.75) is 39.3 Å². The third kappa shape index (κ3) is 6.64. The lowest BCUT2D eigenvalue weighted by Gasteiger charge is -2.23. The molecule has 1 rings (SSSR count). The Morgan fingerprint density at radius 2 is 2.09 bits per heavy atom. The van der Waals surface area contributed by atoms with Gasteiger partial charge in [-0.1, -0.05) is 11.6 Å². The molecule has 2 N–H and O–H groups in total. The van der Waals surface area contributed by atoms with Crippen LogP contribution in [-0.4, -0.2) is 42.5 Å². The molecule has 0 aliphatic heterocycles. The van der Waals surface area contributed by atoms with Gasteiger partial charge in [-0.05, 0) is 45.9 Å². The number of nitrogens with one attached hydrogen (secondary N) is 1. The van der Waals surface area contributed by atoms with E-state index in [1.165, 1.54) is 6.07 Å². The third-order valence-corrected chi connectivity index (χ3v) is 3.05. The first kappa shape index (κ1) is 18.7. The molecule has 6 heteroatoms. The fraction of sp³-hybridized carbons (Fsp3) is 0.562. The Bertz CT molecular complexity index is 499. The molecule has 0 saturated carbocycles. The molecular weight excluding hydrogens is 306 g/mol. The Kier molecular flexibility index (Phi) is 7.13.